The molecule has 0 saturated heterocycles. The number of alkyl halides is 3. The van der Waals surface area contributed by atoms with E-state index in [0.29, 0.717) is 13.0 Å². The number of nitrogens with zero attached hydrogens (tertiary/aromatic N) is 2. The molecule has 0 fully saturated rings. The smallest absolute Gasteiger partial charge is 0.425 e. The van der Waals surface area contributed by atoms with Gasteiger partial charge in [-0.25, -0.2) is 14.2 Å². The quantitative estimate of drug-likeness (QED) is 0.799. The molecule has 136 valence electrons. The van der Waals surface area contributed by atoms with E-state index >= 15 is 0 Å². The summed E-state index contributed by atoms with van der Waals surface area (Å²) in [7, 11) is 1.54. The van der Waals surface area contributed by atoms with Gasteiger partial charge in [-0.1, -0.05) is 0 Å². The van der Waals surface area contributed by atoms with Gasteiger partial charge in [-0.15, -0.1) is 0 Å². The van der Waals surface area contributed by atoms with Crippen molar-refractivity contribution in [3.63, 3.8) is 0 Å². The Labute approximate surface area is 139 Å². The molecule has 6 nitrogen and oxygen atoms in total. The second kappa shape index (κ2) is 6.71. The molecule has 2 aromatic rings. The van der Waals surface area contributed by atoms with Gasteiger partial charge in [-0.3, -0.25) is 0 Å². The molecular weight excluding hydrogens is 348 g/mol. The fourth-order valence-corrected chi connectivity index (χ4v) is 2.05. The van der Waals surface area contributed by atoms with Gasteiger partial charge in [0.05, 0.1) is 5.69 Å². The summed E-state index contributed by atoms with van der Waals surface area (Å²) in [6.07, 6.45) is -5.67. The first-order chi connectivity index (χ1) is 11.5. The van der Waals surface area contributed by atoms with E-state index in [1.807, 2.05) is 0 Å². The Morgan fingerprint density at radius 1 is 1.40 bits per heavy atom. The second-order valence-corrected chi connectivity index (χ2v) is 5.25. The molecule has 0 radical (unpaired) electrons. The van der Waals surface area contributed by atoms with Gasteiger partial charge in [0.2, 0.25) is 0 Å². The number of imidazole rings is 1. The number of carbonyl (C=O) groups is 1. The predicted octanol–water partition coefficient (Wildman–Crippen LogP) is 2.75. The first kappa shape index (κ1) is 18.7. The number of benzene rings is 1. The molecule has 0 aliphatic heterocycles. The molecule has 1 atom stereocenters. The van der Waals surface area contributed by atoms with Gasteiger partial charge in [-0.05, 0) is 19.1 Å². The van der Waals surface area contributed by atoms with Crippen LogP contribution < -0.4 is 4.74 Å². The van der Waals surface area contributed by atoms with Crippen LogP contribution in [-0.2, 0) is 13.7 Å². The van der Waals surface area contributed by atoms with Gasteiger partial charge in [0.15, 0.2) is 6.10 Å². The van der Waals surface area contributed by atoms with Gasteiger partial charge < -0.3 is 19.5 Å². The number of aliphatic hydroxyl groups excluding tert-OH is 1. The number of carboxylic acid groups (broad SMARTS) is 1. The van der Waals surface area contributed by atoms with Crippen molar-refractivity contribution in [2.24, 2.45) is 7.05 Å². The molecule has 1 heterocycles. The molecule has 0 spiro atoms. The zero-order valence-corrected chi connectivity index (χ0v) is 13.1. The highest BCUT2D eigenvalue weighted by Gasteiger charge is 2.39. The van der Waals surface area contributed by atoms with E-state index in [0.717, 1.165) is 6.07 Å². The Balaban J connectivity index is 2.55. The summed E-state index contributed by atoms with van der Waals surface area (Å²) in [5.41, 5.74) is -0.967. The molecule has 0 unspecified atom stereocenters. The van der Waals surface area contributed by atoms with Crippen molar-refractivity contribution in [3.8, 4) is 17.0 Å². The Bertz CT molecular complexity index is 802. The number of aromatic nitrogens is 2. The van der Waals surface area contributed by atoms with Crippen LogP contribution in [0.25, 0.3) is 11.3 Å². The van der Waals surface area contributed by atoms with Gasteiger partial charge in [-0.2, -0.15) is 13.2 Å². The van der Waals surface area contributed by atoms with E-state index < -0.39 is 42.0 Å². The normalized spacial score (nSPS) is 12.9. The number of carboxylic acids is 1. The molecule has 0 aliphatic rings. The molecule has 1 aromatic carbocycles. The van der Waals surface area contributed by atoms with Crippen LogP contribution >= 0.6 is 0 Å². The molecule has 2 rings (SSSR count). The number of halogens is 4. The topological polar surface area (TPSA) is 84.6 Å². The summed E-state index contributed by atoms with van der Waals surface area (Å²) in [4.78, 5) is 15.1. The van der Waals surface area contributed by atoms with E-state index in [1.54, 1.807) is 0 Å². The molecule has 2 N–H and O–H groups in total. The van der Waals surface area contributed by atoms with Crippen LogP contribution in [0.5, 0.6) is 5.75 Å². The maximum atomic E-state index is 14.2. The molecule has 0 saturated carbocycles. The Morgan fingerprint density at radius 2 is 2.04 bits per heavy atom. The Hall–Kier alpha value is -2.62. The van der Waals surface area contributed by atoms with E-state index in [4.69, 9.17) is 14.9 Å². The standard InChI is InChI=1S/C15H14F4N2O4/c1-7(15(17,18)19)25-12-4-8(10(16)3-9(12)14(23)24)11-5-21(2)13(6-22)20-11/h3-5,7,22H,6H2,1-2H3,(H,23,24)/t7-/m0/s1. The van der Waals surface area contributed by atoms with Crippen molar-refractivity contribution >= 4 is 5.97 Å². The average molecular weight is 362 g/mol. The van der Waals surface area contributed by atoms with Crippen molar-refractivity contribution in [2.45, 2.75) is 25.8 Å². The fourth-order valence-electron chi connectivity index (χ4n) is 2.05. The van der Waals surface area contributed by atoms with E-state index in [1.165, 1.54) is 17.8 Å². The third kappa shape index (κ3) is 3.90. The monoisotopic (exact) mass is 362 g/mol. The molecule has 25 heavy (non-hydrogen) atoms. The molecular formula is C15H14F4N2O4. The fraction of sp³-hybridized carbons (Fsp3) is 0.333. The summed E-state index contributed by atoms with van der Waals surface area (Å²) in [5.74, 6) is -3.06. The predicted molar refractivity (Wildman–Crippen MR) is 77.6 cm³/mol. The lowest BCUT2D eigenvalue weighted by atomic mass is 10.1. The maximum absolute atomic E-state index is 14.2. The first-order valence-electron chi connectivity index (χ1n) is 6.98. The number of rotatable bonds is 5. The minimum Gasteiger partial charge on any atom is -0.480 e. The SMILES string of the molecule is C[C@H](Oc1cc(-c2cn(C)c(CO)n2)c(F)cc1C(=O)O)C(F)(F)F. The maximum Gasteiger partial charge on any atom is 0.425 e. The number of aromatic carboxylic acids is 1. The number of aliphatic hydroxyl groups is 1. The van der Waals surface area contributed by atoms with E-state index in [9.17, 15) is 22.4 Å². The van der Waals surface area contributed by atoms with Crippen molar-refractivity contribution in [3.05, 3.63) is 35.5 Å². The highest BCUT2D eigenvalue weighted by molar-refractivity contribution is 5.92. The number of hydrogen-bond acceptors (Lipinski definition) is 4. The van der Waals surface area contributed by atoms with Crippen molar-refractivity contribution in [2.75, 3.05) is 0 Å². The third-order valence-electron chi connectivity index (χ3n) is 3.45. The van der Waals surface area contributed by atoms with Crippen LogP contribution in [0.2, 0.25) is 0 Å². The van der Waals surface area contributed by atoms with Crippen LogP contribution in [0.4, 0.5) is 17.6 Å². The highest BCUT2D eigenvalue weighted by Crippen LogP contribution is 2.33. The molecule has 0 bridgehead atoms. The summed E-state index contributed by atoms with van der Waals surface area (Å²) < 4.78 is 58.4. The van der Waals surface area contributed by atoms with Crippen molar-refractivity contribution in [1.29, 1.82) is 0 Å². The van der Waals surface area contributed by atoms with Gasteiger partial charge in [0.1, 0.15) is 29.6 Å². The summed E-state index contributed by atoms with van der Waals surface area (Å²) in [5, 5.41) is 18.2. The second-order valence-electron chi connectivity index (χ2n) is 5.25. The first-order valence-corrected chi connectivity index (χ1v) is 6.98. The highest BCUT2D eigenvalue weighted by atomic mass is 19.4. The zero-order valence-electron chi connectivity index (χ0n) is 13.1. The summed E-state index contributed by atoms with van der Waals surface area (Å²) in [6, 6.07) is 1.42. The number of ether oxygens (including phenoxy) is 1. The van der Waals surface area contributed by atoms with Crippen LogP contribution in [0.15, 0.2) is 18.3 Å². The van der Waals surface area contributed by atoms with Crippen molar-refractivity contribution in [1.82, 2.24) is 9.55 Å². The molecule has 1 aromatic heterocycles. The Kier molecular flexibility index (Phi) is 5.02. The third-order valence-corrected chi connectivity index (χ3v) is 3.45. The van der Waals surface area contributed by atoms with Crippen LogP contribution in [0.1, 0.15) is 23.1 Å². The molecule has 10 heteroatoms. The lowest BCUT2D eigenvalue weighted by molar-refractivity contribution is -0.189. The minimum atomic E-state index is -4.72. The van der Waals surface area contributed by atoms with Crippen LogP contribution in [0.3, 0.4) is 0 Å². The van der Waals surface area contributed by atoms with E-state index in [-0.39, 0.29) is 17.1 Å². The number of hydrogen-bond donors (Lipinski definition) is 2. The van der Waals surface area contributed by atoms with E-state index in [2.05, 4.69) is 4.98 Å². The van der Waals surface area contributed by atoms with Gasteiger partial charge in [0, 0.05) is 18.8 Å². The molecule has 0 aliphatic carbocycles. The van der Waals surface area contributed by atoms with Crippen LogP contribution in [-0.4, -0.2) is 38.0 Å². The molecule has 0 amide bonds. The number of aryl methyl sites for hydroxylation is 1. The average Bonchev–Trinajstić information content (AvgIpc) is 2.88. The van der Waals surface area contributed by atoms with Crippen LogP contribution in [0, 0.1) is 5.82 Å². The van der Waals surface area contributed by atoms with Gasteiger partial charge >= 0.3 is 12.1 Å². The largest absolute Gasteiger partial charge is 0.480 e. The zero-order chi connectivity index (χ0) is 18.9. The van der Waals surface area contributed by atoms with Crippen molar-refractivity contribution < 1.29 is 37.3 Å². The lowest BCUT2D eigenvalue weighted by Gasteiger charge is -2.19. The lowest BCUT2D eigenvalue weighted by Crippen LogP contribution is -2.31. The van der Waals surface area contributed by atoms with Gasteiger partial charge in [0.25, 0.3) is 0 Å². The summed E-state index contributed by atoms with van der Waals surface area (Å²) >= 11 is 0. The Morgan fingerprint density at radius 3 is 2.52 bits per heavy atom. The minimum absolute atomic E-state index is 0.0190. The summed E-state index contributed by atoms with van der Waals surface area (Å²) in [6.45, 7) is 0.277.